The van der Waals surface area contributed by atoms with E-state index in [1.54, 1.807) is 0 Å². The number of carbonyl (C=O) groups excluding carboxylic acids is 1. The Morgan fingerprint density at radius 1 is 1.53 bits per heavy atom. The number of benzene rings is 1. The smallest absolute Gasteiger partial charge is 0.263 e. The van der Waals surface area contributed by atoms with Crippen molar-refractivity contribution >= 4 is 48.9 Å². The first-order valence-electron chi connectivity index (χ1n) is 5.82. The molecule has 0 bridgehead atoms. The minimum Gasteiger partial charge on any atom is -0.397 e. The van der Waals surface area contributed by atoms with Gasteiger partial charge in [0.05, 0.1) is 5.69 Å². The molecule has 1 aromatic heterocycles. The number of rotatable bonds is 4. The Bertz CT molecular complexity index is 657. The number of nitrogen functional groups attached to an aromatic ring is 1. The van der Waals surface area contributed by atoms with Crippen molar-refractivity contribution in [3.8, 4) is 12.3 Å². The van der Waals surface area contributed by atoms with E-state index in [4.69, 9.17) is 12.2 Å². The zero-order chi connectivity index (χ0) is 13.8. The third-order valence-electron chi connectivity index (χ3n) is 2.68. The van der Waals surface area contributed by atoms with Crippen LogP contribution < -0.4 is 11.1 Å². The van der Waals surface area contributed by atoms with Crippen LogP contribution in [-0.4, -0.2) is 12.5 Å². The van der Waals surface area contributed by atoms with E-state index in [1.807, 2.05) is 18.2 Å². The molecule has 0 spiro atoms. The molecule has 0 aliphatic carbocycles. The average molecular weight is 337 g/mol. The Morgan fingerprint density at radius 2 is 2.32 bits per heavy atom. The number of amides is 1. The van der Waals surface area contributed by atoms with Crippen molar-refractivity contribution in [1.29, 1.82) is 0 Å². The SMILES string of the molecule is C#CCCCNC(=O)c1sc2ccc(Br)cc2c1N. The summed E-state index contributed by atoms with van der Waals surface area (Å²) in [6.07, 6.45) is 6.60. The molecule has 1 aromatic carbocycles. The zero-order valence-corrected chi connectivity index (χ0v) is 12.6. The molecule has 1 heterocycles. The molecule has 0 unspecified atom stereocenters. The quantitative estimate of drug-likeness (QED) is 0.664. The van der Waals surface area contributed by atoms with Crippen LogP contribution in [0.3, 0.4) is 0 Å². The van der Waals surface area contributed by atoms with Gasteiger partial charge in [-0.05, 0) is 24.6 Å². The molecule has 0 fully saturated rings. The van der Waals surface area contributed by atoms with Crippen LogP contribution in [0.4, 0.5) is 5.69 Å². The van der Waals surface area contributed by atoms with Gasteiger partial charge in [0, 0.05) is 27.5 Å². The predicted octanol–water partition coefficient (Wildman–Crippen LogP) is 3.39. The number of hydrogen-bond donors (Lipinski definition) is 2. The van der Waals surface area contributed by atoms with E-state index in [0.717, 1.165) is 21.0 Å². The average Bonchev–Trinajstić information content (AvgIpc) is 2.72. The van der Waals surface area contributed by atoms with Crippen LogP contribution in [-0.2, 0) is 0 Å². The van der Waals surface area contributed by atoms with Gasteiger partial charge < -0.3 is 11.1 Å². The highest BCUT2D eigenvalue weighted by atomic mass is 79.9. The Morgan fingerprint density at radius 3 is 3.05 bits per heavy atom. The summed E-state index contributed by atoms with van der Waals surface area (Å²) < 4.78 is 1.96. The van der Waals surface area contributed by atoms with Crippen molar-refractivity contribution in [3.63, 3.8) is 0 Å². The van der Waals surface area contributed by atoms with Crippen LogP contribution in [0.15, 0.2) is 22.7 Å². The van der Waals surface area contributed by atoms with E-state index in [1.165, 1.54) is 11.3 Å². The van der Waals surface area contributed by atoms with Gasteiger partial charge in [-0.25, -0.2) is 0 Å². The molecular formula is C14H13BrN2OS. The van der Waals surface area contributed by atoms with Crippen molar-refractivity contribution in [1.82, 2.24) is 5.32 Å². The highest BCUT2D eigenvalue weighted by Gasteiger charge is 2.15. The van der Waals surface area contributed by atoms with Crippen LogP contribution in [0.5, 0.6) is 0 Å². The second-order valence-corrected chi connectivity index (χ2v) is 6.02. The number of hydrogen-bond acceptors (Lipinski definition) is 3. The van der Waals surface area contributed by atoms with E-state index in [9.17, 15) is 4.79 Å². The Kier molecular flexibility index (Phi) is 4.46. The molecule has 2 aromatic rings. The van der Waals surface area contributed by atoms with Gasteiger partial charge in [-0.3, -0.25) is 4.79 Å². The van der Waals surface area contributed by atoms with Crippen LogP contribution in [0, 0.1) is 12.3 Å². The summed E-state index contributed by atoms with van der Waals surface area (Å²) in [5, 5.41) is 3.74. The van der Waals surface area contributed by atoms with Gasteiger partial charge in [0.25, 0.3) is 5.91 Å². The van der Waals surface area contributed by atoms with Crippen LogP contribution in [0.2, 0.25) is 0 Å². The third kappa shape index (κ3) is 3.09. The number of thiophene rings is 1. The fraction of sp³-hybridized carbons (Fsp3) is 0.214. The molecule has 5 heteroatoms. The second-order valence-electron chi connectivity index (χ2n) is 4.05. The molecular weight excluding hydrogens is 324 g/mol. The second kappa shape index (κ2) is 6.09. The molecule has 19 heavy (non-hydrogen) atoms. The maximum Gasteiger partial charge on any atom is 0.263 e. The number of unbranched alkanes of at least 4 members (excludes halogenated alkanes) is 1. The van der Waals surface area contributed by atoms with E-state index in [2.05, 4.69) is 27.2 Å². The lowest BCUT2D eigenvalue weighted by atomic mass is 10.2. The van der Waals surface area contributed by atoms with Crippen molar-refractivity contribution in [2.75, 3.05) is 12.3 Å². The Labute approximate surface area is 124 Å². The van der Waals surface area contributed by atoms with Gasteiger partial charge in [-0.2, -0.15) is 0 Å². The first-order valence-corrected chi connectivity index (χ1v) is 7.43. The molecule has 98 valence electrons. The molecule has 0 saturated heterocycles. The largest absolute Gasteiger partial charge is 0.397 e. The highest BCUT2D eigenvalue weighted by molar-refractivity contribution is 9.10. The summed E-state index contributed by atoms with van der Waals surface area (Å²) in [6.45, 7) is 0.570. The number of anilines is 1. The van der Waals surface area contributed by atoms with Crippen molar-refractivity contribution in [2.45, 2.75) is 12.8 Å². The molecule has 0 atom stereocenters. The van der Waals surface area contributed by atoms with Crippen molar-refractivity contribution in [2.24, 2.45) is 0 Å². The fourth-order valence-corrected chi connectivity index (χ4v) is 3.11. The van der Waals surface area contributed by atoms with Gasteiger partial charge in [0.2, 0.25) is 0 Å². The number of nitrogens with one attached hydrogen (secondary N) is 1. The van der Waals surface area contributed by atoms with Gasteiger partial charge in [-0.1, -0.05) is 15.9 Å². The van der Waals surface area contributed by atoms with Gasteiger partial charge in [0.15, 0.2) is 0 Å². The van der Waals surface area contributed by atoms with Crippen LogP contribution >= 0.6 is 27.3 Å². The molecule has 0 saturated carbocycles. The lowest BCUT2D eigenvalue weighted by Crippen LogP contribution is -2.24. The summed E-state index contributed by atoms with van der Waals surface area (Å²) in [6, 6.07) is 5.82. The highest BCUT2D eigenvalue weighted by Crippen LogP contribution is 2.35. The van der Waals surface area contributed by atoms with E-state index < -0.39 is 0 Å². The molecule has 0 radical (unpaired) electrons. The number of nitrogens with two attached hydrogens (primary N) is 1. The number of terminal acetylenes is 1. The lowest BCUT2D eigenvalue weighted by Gasteiger charge is -2.02. The molecule has 1 amide bonds. The summed E-state index contributed by atoms with van der Waals surface area (Å²) in [5.74, 6) is 2.41. The summed E-state index contributed by atoms with van der Waals surface area (Å²) in [7, 11) is 0. The minimum atomic E-state index is -0.133. The molecule has 3 N–H and O–H groups in total. The van der Waals surface area contributed by atoms with Crippen molar-refractivity contribution in [3.05, 3.63) is 27.5 Å². The third-order valence-corrected chi connectivity index (χ3v) is 4.36. The molecule has 0 aliphatic heterocycles. The maximum absolute atomic E-state index is 12.0. The predicted molar refractivity (Wildman–Crippen MR) is 84.3 cm³/mol. The van der Waals surface area contributed by atoms with Crippen LogP contribution in [0.25, 0.3) is 10.1 Å². The van der Waals surface area contributed by atoms with E-state index in [0.29, 0.717) is 23.5 Å². The van der Waals surface area contributed by atoms with E-state index >= 15 is 0 Å². The van der Waals surface area contributed by atoms with Gasteiger partial charge in [0.1, 0.15) is 4.88 Å². The standard InChI is InChI=1S/C14H13BrN2OS/c1-2-3-4-7-17-14(18)13-12(16)10-8-9(15)5-6-11(10)19-13/h1,5-6,8H,3-4,7,16H2,(H,17,18). The minimum absolute atomic E-state index is 0.133. The first kappa shape index (κ1) is 13.9. The maximum atomic E-state index is 12.0. The zero-order valence-electron chi connectivity index (χ0n) is 10.2. The first-order chi connectivity index (χ1) is 9.13. The van der Waals surface area contributed by atoms with Crippen molar-refractivity contribution < 1.29 is 4.79 Å². The summed E-state index contributed by atoms with van der Waals surface area (Å²) in [4.78, 5) is 12.6. The molecule has 2 rings (SSSR count). The number of fused-ring (bicyclic) bond motifs is 1. The van der Waals surface area contributed by atoms with Crippen LogP contribution in [0.1, 0.15) is 22.5 Å². The monoisotopic (exact) mass is 336 g/mol. The number of halogens is 1. The Hall–Kier alpha value is -1.51. The fourth-order valence-electron chi connectivity index (χ4n) is 1.73. The van der Waals surface area contributed by atoms with Gasteiger partial charge in [-0.15, -0.1) is 23.7 Å². The molecule has 0 aliphatic rings. The van der Waals surface area contributed by atoms with Gasteiger partial charge >= 0.3 is 0 Å². The van der Waals surface area contributed by atoms with E-state index in [-0.39, 0.29) is 5.91 Å². The number of carbonyl (C=O) groups is 1. The normalized spacial score (nSPS) is 10.3. The summed E-state index contributed by atoms with van der Waals surface area (Å²) >= 11 is 4.81. The topological polar surface area (TPSA) is 55.1 Å². The molecule has 3 nitrogen and oxygen atoms in total. The lowest BCUT2D eigenvalue weighted by molar-refractivity contribution is 0.0958. The summed E-state index contributed by atoms with van der Waals surface area (Å²) in [5.41, 5.74) is 6.57. The Balaban J connectivity index is 2.18.